The minimum atomic E-state index is -0.0526. The maximum Gasteiger partial charge on any atom is 0.0613 e. The van der Waals surface area contributed by atoms with Crippen molar-refractivity contribution < 1.29 is 5.11 Å². The molecule has 2 N–H and O–H groups in total. The Morgan fingerprint density at radius 2 is 1.85 bits per heavy atom. The van der Waals surface area contributed by atoms with E-state index >= 15 is 0 Å². The second-order valence-corrected chi connectivity index (χ2v) is 7.03. The second-order valence-electron chi connectivity index (χ2n) is 7.03. The van der Waals surface area contributed by atoms with E-state index in [9.17, 15) is 5.11 Å². The number of aliphatic hydroxyl groups is 1. The fourth-order valence-corrected chi connectivity index (χ4v) is 3.64. The molecule has 1 aliphatic heterocycles. The largest absolute Gasteiger partial charge is 0.394 e. The van der Waals surface area contributed by atoms with Gasteiger partial charge in [-0.3, -0.25) is 0 Å². The summed E-state index contributed by atoms with van der Waals surface area (Å²) in [5, 5.41) is 13.3. The molecule has 1 heterocycles. The van der Waals surface area contributed by atoms with Gasteiger partial charge in [0.2, 0.25) is 0 Å². The summed E-state index contributed by atoms with van der Waals surface area (Å²) in [4.78, 5) is 2.62. The zero-order valence-electron chi connectivity index (χ0n) is 14.1. The van der Waals surface area contributed by atoms with Crippen LogP contribution in [0.25, 0.3) is 0 Å². The van der Waals surface area contributed by atoms with Crippen LogP contribution in [-0.4, -0.2) is 48.3 Å². The number of nitrogens with one attached hydrogen (secondary N) is 1. The van der Waals surface area contributed by atoms with E-state index in [0.29, 0.717) is 0 Å². The molecule has 0 amide bonds. The quantitative estimate of drug-likeness (QED) is 0.683. The van der Waals surface area contributed by atoms with Crippen LogP contribution in [0.2, 0.25) is 0 Å². The van der Waals surface area contributed by atoms with E-state index in [1.54, 1.807) is 0 Å². The number of hydrogen-bond acceptors (Lipinski definition) is 3. The summed E-state index contributed by atoms with van der Waals surface area (Å²) in [6, 6.07) is 0. The van der Waals surface area contributed by atoms with Gasteiger partial charge in [0.1, 0.15) is 0 Å². The summed E-state index contributed by atoms with van der Waals surface area (Å²) in [6.45, 7) is 14.1. The molecular formula is C17H36N2O. The van der Waals surface area contributed by atoms with E-state index in [0.717, 1.165) is 37.6 Å². The first-order valence-corrected chi connectivity index (χ1v) is 8.63. The summed E-state index contributed by atoms with van der Waals surface area (Å²) < 4.78 is 0. The molecule has 0 saturated carbocycles. The summed E-state index contributed by atoms with van der Waals surface area (Å²) in [5.41, 5.74) is -0.0526. The van der Waals surface area contributed by atoms with E-state index in [2.05, 4.69) is 37.9 Å². The predicted octanol–water partition coefficient (Wildman–Crippen LogP) is 2.89. The van der Waals surface area contributed by atoms with Crippen molar-refractivity contribution in [2.75, 3.05) is 32.8 Å². The third-order valence-corrected chi connectivity index (χ3v) is 4.80. The maximum absolute atomic E-state index is 9.75. The van der Waals surface area contributed by atoms with Gasteiger partial charge < -0.3 is 15.3 Å². The molecule has 0 aromatic rings. The Labute approximate surface area is 126 Å². The standard InChI is InChI=1S/C17H36N2O/c1-5-9-18-17(6-2,14-20)8-7-10-19-12-15(3)11-16(4)13-19/h15-16,18,20H,5-14H2,1-4H3. The van der Waals surface area contributed by atoms with Crippen LogP contribution in [0.5, 0.6) is 0 Å². The first-order chi connectivity index (χ1) is 9.55. The second kappa shape index (κ2) is 9.01. The zero-order chi connectivity index (χ0) is 15.0. The minimum Gasteiger partial charge on any atom is -0.394 e. The van der Waals surface area contributed by atoms with Gasteiger partial charge in [0.15, 0.2) is 0 Å². The van der Waals surface area contributed by atoms with Gasteiger partial charge in [-0.05, 0) is 57.0 Å². The molecule has 1 saturated heterocycles. The molecule has 0 aromatic carbocycles. The Morgan fingerprint density at radius 1 is 1.20 bits per heavy atom. The van der Waals surface area contributed by atoms with Crippen LogP contribution < -0.4 is 5.32 Å². The summed E-state index contributed by atoms with van der Waals surface area (Å²) in [7, 11) is 0. The lowest BCUT2D eigenvalue weighted by atomic mass is 9.89. The molecule has 1 fully saturated rings. The Hall–Kier alpha value is -0.120. The molecule has 20 heavy (non-hydrogen) atoms. The van der Waals surface area contributed by atoms with E-state index in [4.69, 9.17) is 0 Å². The summed E-state index contributed by atoms with van der Waals surface area (Å²) in [6.07, 6.45) is 5.78. The molecule has 3 heteroatoms. The number of hydrogen-bond donors (Lipinski definition) is 2. The van der Waals surface area contributed by atoms with Gasteiger partial charge in [-0.25, -0.2) is 0 Å². The minimum absolute atomic E-state index is 0.0526. The van der Waals surface area contributed by atoms with E-state index in [1.165, 1.54) is 32.5 Å². The Balaban J connectivity index is 2.36. The average molecular weight is 284 g/mol. The van der Waals surface area contributed by atoms with Crippen molar-refractivity contribution in [1.82, 2.24) is 10.2 Å². The first kappa shape index (κ1) is 17.9. The van der Waals surface area contributed by atoms with Gasteiger partial charge in [0.05, 0.1) is 6.61 Å². The van der Waals surface area contributed by atoms with Gasteiger partial charge in [0.25, 0.3) is 0 Å². The molecule has 0 aromatic heterocycles. The fraction of sp³-hybridized carbons (Fsp3) is 1.00. The molecule has 120 valence electrons. The van der Waals surface area contributed by atoms with Crippen molar-refractivity contribution in [2.45, 2.75) is 65.3 Å². The van der Waals surface area contributed by atoms with Crippen LogP contribution >= 0.6 is 0 Å². The van der Waals surface area contributed by atoms with Crippen LogP contribution in [0.3, 0.4) is 0 Å². The highest BCUT2D eigenvalue weighted by molar-refractivity contribution is 4.86. The molecular weight excluding hydrogens is 248 g/mol. The maximum atomic E-state index is 9.75. The number of rotatable bonds is 9. The van der Waals surface area contributed by atoms with E-state index < -0.39 is 0 Å². The number of likely N-dealkylation sites (tertiary alicyclic amines) is 1. The van der Waals surface area contributed by atoms with Crippen molar-refractivity contribution in [2.24, 2.45) is 11.8 Å². The molecule has 3 unspecified atom stereocenters. The van der Waals surface area contributed by atoms with Gasteiger partial charge in [-0.2, -0.15) is 0 Å². The van der Waals surface area contributed by atoms with Crippen LogP contribution in [0.1, 0.15) is 59.8 Å². The Kier molecular flexibility index (Phi) is 8.08. The van der Waals surface area contributed by atoms with Crippen LogP contribution in [0.4, 0.5) is 0 Å². The zero-order valence-corrected chi connectivity index (χ0v) is 14.1. The predicted molar refractivity (Wildman–Crippen MR) is 87.0 cm³/mol. The first-order valence-electron chi connectivity index (χ1n) is 8.63. The van der Waals surface area contributed by atoms with Crippen LogP contribution in [0.15, 0.2) is 0 Å². The van der Waals surface area contributed by atoms with E-state index in [1.807, 2.05) is 0 Å². The van der Waals surface area contributed by atoms with Crippen molar-refractivity contribution in [3.05, 3.63) is 0 Å². The smallest absolute Gasteiger partial charge is 0.0613 e. The van der Waals surface area contributed by atoms with Gasteiger partial charge in [-0.15, -0.1) is 0 Å². The fourth-order valence-electron chi connectivity index (χ4n) is 3.64. The normalized spacial score (nSPS) is 27.4. The van der Waals surface area contributed by atoms with Gasteiger partial charge in [-0.1, -0.05) is 27.7 Å². The topological polar surface area (TPSA) is 35.5 Å². The Morgan fingerprint density at radius 3 is 2.35 bits per heavy atom. The van der Waals surface area contributed by atoms with Crippen molar-refractivity contribution >= 4 is 0 Å². The summed E-state index contributed by atoms with van der Waals surface area (Å²) in [5.74, 6) is 1.68. The summed E-state index contributed by atoms with van der Waals surface area (Å²) >= 11 is 0. The number of aliphatic hydroxyl groups excluding tert-OH is 1. The lowest BCUT2D eigenvalue weighted by Gasteiger charge is -2.37. The van der Waals surface area contributed by atoms with Gasteiger partial charge in [0, 0.05) is 18.6 Å². The molecule has 1 aliphatic rings. The highest BCUT2D eigenvalue weighted by atomic mass is 16.3. The highest BCUT2D eigenvalue weighted by Gasteiger charge is 2.27. The molecule has 3 nitrogen and oxygen atoms in total. The third kappa shape index (κ3) is 5.71. The monoisotopic (exact) mass is 284 g/mol. The SMILES string of the molecule is CCCNC(CC)(CO)CCCN1CC(C)CC(C)C1. The van der Waals surface area contributed by atoms with Crippen molar-refractivity contribution in [3.63, 3.8) is 0 Å². The molecule has 0 radical (unpaired) electrons. The van der Waals surface area contributed by atoms with Gasteiger partial charge >= 0.3 is 0 Å². The lowest BCUT2D eigenvalue weighted by molar-refractivity contribution is 0.116. The van der Waals surface area contributed by atoms with Crippen molar-refractivity contribution in [3.8, 4) is 0 Å². The van der Waals surface area contributed by atoms with Crippen LogP contribution in [-0.2, 0) is 0 Å². The molecule has 3 atom stereocenters. The van der Waals surface area contributed by atoms with Crippen LogP contribution in [0, 0.1) is 11.8 Å². The molecule has 0 spiro atoms. The lowest BCUT2D eigenvalue weighted by Crippen LogP contribution is -2.49. The molecule has 1 rings (SSSR count). The van der Waals surface area contributed by atoms with E-state index in [-0.39, 0.29) is 12.1 Å². The number of piperidine rings is 1. The number of nitrogens with zero attached hydrogens (tertiary/aromatic N) is 1. The highest BCUT2D eigenvalue weighted by Crippen LogP contribution is 2.22. The Bertz CT molecular complexity index is 243. The molecule has 0 aliphatic carbocycles. The average Bonchev–Trinajstić information content (AvgIpc) is 2.42. The molecule has 0 bridgehead atoms. The van der Waals surface area contributed by atoms with Crippen molar-refractivity contribution in [1.29, 1.82) is 0 Å². The third-order valence-electron chi connectivity index (χ3n) is 4.80.